The maximum absolute atomic E-state index is 13.8. The first kappa shape index (κ1) is 21.2. The van der Waals surface area contributed by atoms with Gasteiger partial charge < -0.3 is 19.7 Å². The molecule has 0 aliphatic rings. The van der Waals surface area contributed by atoms with E-state index in [0.29, 0.717) is 19.6 Å². The molecule has 142 valence electrons. The van der Waals surface area contributed by atoms with E-state index < -0.39 is 5.60 Å². The Balaban J connectivity index is 2.43. The molecule has 1 atom stereocenters. The van der Waals surface area contributed by atoms with E-state index in [1.54, 1.807) is 11.0 Å². The van der Waals surface area contributed by atoms with Gasteiger partial charge in [0.25, 0.3) is 0 Å². The summed E-state index contributed by atoms with van der Waals surface area (Å²) in [5.41, 5.74) is 0.369. The van der Waals surface area contributed by atoms with Gasteiger partial charge in [0.15, 0.2) is 11.6 Å². The summed E-state index contributed by atoms with van der Waals surface area (Å²) >= 11 is 0. The lowest BCUT2D eigenvalue weighted by Crippen LogP contribution is -2.38. The normalized spacial score (nSPS) is 12.6. The van der Waals surface area contributed by atoms with Gasteiger partial charge in [0.05, 0.1) is 7.11 Å². The molecule has 5 nitrogen and oxygen atoms in total. The summed E-state index contributed by atoms with van der Waals surface area (Å²) in [5.74, 6) is -0.123. The van der Waals surface area contributed by atoms with Crippen LogP contribution in [-0.4, -0.2) is 43.3 Å². The van der Waals surface area contributed by atoms with Crippen molar-refractivity contribution in [3.05, 3.63) is 29.6 Å². The van der Waals surface area contributed by atoms with Crippen LogP contribution < -0.4 is 10.1 Å². The van der Waals surface area contributed by atoms with Gasteiger partial charge in [-0.05, 0) is 65.3 Å². The average molecular weight is 354 g/mol. The van der Waals surface area contributed by atoms with Crippen molar-refractivity contribution in [2.45, 2.75) is 52.7 Å². The van der Waals surface area contributed by atoms with Crippen LogP contribution in [0.25, 0.3) is 0 Å². The van der Waals surface area contributed by atoms with Gasteiger partial charge in [0, 0.05) is 19.1 Å². The van der Waals surface area contributed by atoms with Crippen LogP contribution in [0.1, 0.15) is 52.6 Å². The zero-order valence-electron chi connectivity index (χ0n) is 16.2. The number of benzene rings is 1. The van der Waals surface area contributed by atoms with Crippen LogP contribution in [0.4, 0.5) is 9.18 Å². The molecule has 0 aromatic heterocycles. The van der Waals surface area contributed by atoms with Crippen LogP contribution in [-0.2, 0) is 4.74 Å². The molecule has 6 heteroatoms. The van der Waals surface area contributed by atoms with Crippen molar-refractivity contribution in [3.8, 4) is 5.75 Å². The SMILES string of the molecule is CCN(CCCNC(C)c1ccc(OC)c(F)c1)C(=O)OC(C)(C)C. The maximum Gasteiger partial charge on any atom is 0.410 e. The Hall–Kier alpha value is -1.82. The molecule has 1 amide bonds. The molecule has 1 unspecified atom stereocenters. The number of carbonyl (C=O) groups excluding carboxylic acids is 1. The third kappa shape index (κ3) is 7.30. The number of ether oxygens (including phenoxy) is 2. The molecule has 1 aromatic rings. The Morgan fingerprint density at radius 1 is 1.36 bits per heavy atom. The molecule has 0 saturated heterocycles. The molecule has 1 aromatic carbocycles. The average Bonchev–Trinajstić information content (AvgIpc) is 2.52. The Bertz CT molecular complexity index is 558. The van der Waals surface area contributed by atoms with Crippen molar-refractivity contribution in [2.24, 2.45) is 0 Å². The Kier molecular flexibility index (Phi) is 8.16. The van der Waals surface area contributed by atoms with Crippen LogP contribution in [0.5, 0.6) is 5.75 Å². The predicted molar refractivity (Wildman–Crippen MR) is 97.5 cm³/mol. The second kappa shape index (κ2) is 9.61. The first-order valence-corrected chi connectivity index (χ1v) is 8.72. The smallest absolute Gasteiger partial charge is 0.410 e. The quantitative estimate of drug-likeness (QED) is 0.713. The highest BCUT2D eigenvalue weighted by Gasteiger charge is 2.20. The third-order valence-corrected chi connectivity index (χ3v) is 3.76. The van der Waals surface area contributed by atoms with Gasteiger partial charge in [-0.15, -0.1) is 0 Å². The minimum Gasteiger partial charge on any atom is -0.494 e. The number of halogens is 1. The Morgan fingerprint density at radius 3 is 2.56 bits per heavy atom. The van der Waals surface area contributed by atoms with E-state index in [4.69, 9.17) is 9.47 Å². The number of hydrogen-bond acceptors (Lipinski definition) is 4. The lowest BCUT2D eigenvalue weighted by atomic mass is 10.1. The van der Waals surface area contributed by atoms with Crippen molar-refractivity contribution < 1.29 is 18.7 Å². The zero-order chi connectivity index (χ0) is 19.0. The van der Waals surface area contributed by atoms with Crippen molar-refractivity contribution in [2.75, 3.05) is 26.7 Å². The minimum absolute atomic E-state index is 0.0111. The molecule has 0 radical (unpaired) electrons. The number of amides is 1. The second-order valence-corrected chi connectivity index (χ2v) is 6.98. The number of rotatable bonds is 8. The summed E-state index contributed by atoms with van der Waals surface area (Å²) in [5, 5.41) is 3.34. The van der Waals surface area contributed by atoms with E-state index in [2.05, 4.69) is 5.32 Å². The fourth-order valence-electron chi connectivity index (χ4n) is 2.36. The number of nitrogens with one attached hydrogen (secondary N) is 1. The van der Waals surface area contributed by atoms with E-state index in [1.165, 1.54) is 13.2 Å². The molecule has 1 N–H and O–H groups in total. The molecule has 0 spiro atoms. The first-order chi connectivity index (χ1) is 11.7. The van der Waals surface area contributed by atoms with Crippen LogP contribution >= 0.6 is 0 Å². The van der Waals surface area contributed by atoms with E-state index in [1.807, 2.05) is 40.7 Å². The predicted octanol–water partition coefficient (Wildman–Crippen LogP) is 4.13. The molecular weight excluding hydrogens is 323 g/mol. The molecule has 0 saturated carbocycles. The van der Waals surface area contributed by atoms with Gasteiger partial charge in [-0.1, -0.05) is 6.07 Å². The molecular formula is C19H31FN2O3. The monoisotopic (exact) mass is 354 g/mol. The number of carbonyl (C=O) groups is 1. The van der Waals surface area contributed by atoms with Gasteiger partial charge in [-0.3, -0.25) is 0 Å². The van der Waals surface area contributed by atoms with Crippen LogP contribution in [0, 0.1) is 5.82 Å². The van der Waals surface area contributed by atoms with Crippen molar-refractivity contribution >= 4 is 6.09 Å². The highest BCUT2D eigenvalue weighted by atomic mass is 19.1. The number of hydrogen-bond donors (Lipinski definition) is 1. The van der Waals surface area contributed by atoms with Crippen LogP contribution in [0.3, 0.4) is 0 Å². The fourth-order valence-corrected chi connectivity index (χ4v) is 2.36. The summed E-state index contributed by atoms with van der Waals surface area (Å²) in [4.78, 5) is 13.8. The van der Waals surface area contributed by atoms with Crippen LogP contribution in [0.15, 0.2) is 18.2 Å². The lowest BCUT2D eigenvalue weighted by molar-refractivity contribution is 0.0258. The summed E-state index contributed by atoms with van der Waals surface area (Å²) in [6, 6.07) is 4.97. The summed E-state index contributed by atoms with van der Waals surface area (Å²) in [6.07, 6.45) is 0.496. The van der Waals surface area contributed by atoms with Gasteiger partial charge in [-0.2, -0.15) is 0 Å². The van der Waals surface area contributed by atoms with Gasteiger partial charge >= 0.3 is 6.09 Å². The van der Waals surface area contributed by atoms with Crippen LogP contribution in [0.2, 0.25) is 0 Å². The molecule has 0 bridgehead atoms. The molecule has 25 heavy (non-hydrogen) atoms. The second-order valence-electron chi connectivity index (χ2n) is 6.98. The Labute approximate surface area is 150 Å². The van der Waals surface area contributed by atoms with Crippen molar-refractivity contribution in [1.29, 1.82) is 0 Å². The molecule has 0 fully saturated rings. The minimum atomic E-state index is -0.490. The van der Waals surface area contributed by atoms with E-state index in [0.717, 1.165) is 12.0 Å². The molecule has 0 aliphatic carbocycles. The van der Waals surface area contributed by atoms with E-state index in [-0.39, 0.29) is 23.7 Å². The highest BCUT2D eigenvalue weighted by Crippen LogP contribution is 2.21. The lowest BCUT2D eigenvalue weighted by Gasteiger charge is -2.26. The topological polar surface area (TPSA) is 50.8 Å². The summed E-state index contributed by atoms with van der Waals surface area (Å²) < 4.78 is 24.1. The molecule has 0 aliphatic heterocycles. The zero-order valence-corrected chi connectivity index (χ0v) is 16.2. The largest absolute Gasteiger partial charge is 0.494 e. The van der Waals surface area contributed by atoms with Gasteiger partial charge in [0.1, 0.15) is 5.60 Å². The van der Waals surface area contributed by atoms with Crippen molar-refractivity contribution in [3.63, 3.8) is 0 Å². The Morgan fingerprint density at radius 2 is 2.04 bits per heavy atom. The molecule has 1 rings (SSSR count). The maximum atomic E-state index is 13.8. The first-order valence-electron chi connectivity index (χ1n) is 8.72. The summed E-state index contributed by atoms with van der Waals surface area (Å²) in [6.45, 7) is 11.4. The number of nitrogens with zero attached hydrogens (tertiary/aromatic N) is 1. The van der Waals surface area contributed by atoms with Crippen molar-refractivity contribution in [1.82, 2.24) is 10.2 Å². The molecule has 0 heterocycles. The van der Waals surface area contributed by atoms with Gasteiger partial charge in [-0.25, -0.2) is 9.18 Å². The van der Waals surface area contributed by atoms with E-state index in [9.17, 15) is 9.18 Å². The standard InChI is InChI=1S/C19H31FN2O3/c1-7-22(18(23)25-19(3,4)5)12-8-11-21-14(2)15-9-10-17(24-6)16(20)13-15/h9-10,13-14,21H,7-8,11-12H2,1-6H3. The fraction of sp³-hybridized carbons (Fsp3) is 0.632. The van der Waals surface area contributed by atoms with Gasteiger partial charge in [0.2, 0.25) is 0 Å². The van der Waals surface area contributed by atoms with E-state index >= 15 is 0 Å². The summed E-state index contributed by atoms with van der Waals surface area (Å²) in [7, 11) is 1.45. The number of methoxy groups -OCH3 is 1. The highest BCUT2D eigenvalue weighted by molar-refractivity contribution is 5.68. The third-order valence-electron chi connectivity index (χ3n) is 3.76.